The number of aryl methyl sites for hydroxylation is 1. The summed E-state index contributed by atoms with van der Waals surface area (Å²) >= 11 is 0. The molecule has 0 aliphatic carbocycles. The van der Waals surface area contributed by atoms with Gasteiger partial charge in [0.05, 0.1) is 17.4 Å². The minimum atomic E-state index is -0.120. The zero-order valence-electron chi connectivity index (χ0n) is 10.2. The van der Waals surface area contributed by atoms with E-state index in [9.17, 15) is 4.79 Å². The monoisotopic (exact) mass is 245 g/mol. The maximum absolute atomic E-state index is 11.7. The first kappa shape index (κ1) is 11.2. The molecule has 0 saturated carbocycles. The third kappa shape index (κ3) is 1.95. The lowest BCUT2D eigenvalue weighted by atomic mass is 10.2. The Morgan fingerprint density at radius 3 is 3.06 bits per heavy atom. The summed E-state index contributed by atoms with van der Waals surface area (Å²) in [6, 6.07) is 3.52. The van der Waals surface area contributed by atoms with Crippen LogP contribution in [0.2, 0.25) is 0 Å². The van der Waals surface area contributed by atoms with E-state index in [0.717, 1.165) is 30.9 Å². The highest BCUT2D eigenvalue weighted by molar-refractivity contribution is 5.53. The predicted molar refractivity (Wildman–Crippen MR) is 67.0 cm³/mol. The summed E-state index contributed by atoms with van der Waals surface area (Å²) in [7, 11) is 1.84. The number of hydrogen-bond acceptors (Lipinski definition) is 4. The first-order valence-corrected chi connectivity index (χ1v) is 6.07. The largest absolute Gasteiger partial charge is 0.309 e. The van der Waals surface area contributed by atoms with Gasteiger partial charge in [0.15, 0.2) is 0 Å². The maximum Gasteiger partial charge on any atom is 0.251 e. The van der Waals surface area contributed by atoms with E-state index < -0.39 is 0 Å². The molecular formula is C12H15N5O. The summed E-state index contributed by atoms with van der Waals surface area (Å²) in [5, 5.41) is 7.43. The molecule has 3 heterocycles. The highest BCUT2D eigenvalue weighted by Gasteiger charge is 2.19. The average Bonchev–Trinajstić information content (AvgIpc) is 2.98. The van der Waals surface area contributed by atoms with Gasteiger partial charge in [-0.2, -0.15) is 5.10 Å². The van der Waals surface area contributed by atoms with E-state index in [2.05, 4.69) is 20.4 Å². The number of rotatable bonds is 2. The number of nitrogens with zero attached hydrogens (tertiary/aromatic N) is 3. The summed E-state index contributed by atoms with van der Waals surface area (Å²) in [5.74, 6) is 0.719. The lowest BCUT2D eigenvalue weighted by molar-refractivity contribution is 0.602. The van der Waals surface area contributed by atoms with Gasteiger partial charge in [0.25, 0.3) is 5.56 Å². The van der Waals surface area contributed by atoms with Gasteiger partial charge >= 0.3 is 0 Å². The Balaban J connectivity index is 2.06. The van der Waals surface area contributed by atoms with Crippen LogP contribution in [0.4, 0.5) is 0 Å². The molecule has 2 aromatic rings. The van der Waals surface area contributed by atoms with Crippen molar-refractivity contribution in [2.75, 3.05) is 6.54 Å². The van der Waals surface area contributed by atoms with E-state index in [4.69, 9.17) is 0 Å². The van der Waals surface area contributed by atoms with Gasteiger partial charge in [-0.1, -0.05) is 0 Å². The molecule has 18 heavy (non-hydrogen) atoms. The van der Waals surface area contributed by atoms with E-state index in [0.29, 0.717) is 5.69 Å². The van der Waals surface area contributed by atoms with Crippen LogP contribution in [0.3, 0.4) is 0 Å². The Morgan fingerprint density at radius 1 is 1.50 bits per heavy atom. The topological polar surface area (TPSA) is 75.6 Å². The Labute approximate surface area is 104 Å². The summed E-state index contributed by atoms with van der Waals surface area (Å²) in [6.07, 6.45) is 3.83. The molecule has 6 heteroatoms. The lowest BCUT2D eigenvalue weighted by Gasteiger charge is -2.10. The normalized spacial score (nSPS) is 19.3. The first-order valence-electron chi connectivity index (χ1n) is 6.07. The highest BCUT2D eigenvalue weighted by atomic mass is 16.1. The van der Waals surface area contributed by atoms with Crippen LogP contribution in [0.15, 0.2) is 23.1 Å². The van der Waals surface area contributed by atoms with Crippen LogP contribution in [0.5, 0.6) is 0 Å². The molecule has 2 N–H and O–H groups in total. The van der Waals surface area contributed by atoms with Gasteiger partial charge in [-0.05, 0) is 25.5 Å². The Morgan fingerprint density at radius 2 is 2.39 bits per heavy atom. The zero-order valence-corrected chi connectivity index (χ0v) is 10.2. The van der Waals surface area contributed by atoms with Crippen molar-refractivity contribution in [3.63, 3.8) is 0 Å². The minimum absolute atomic E-state index is 0.120. The number of H-pyrrole nitrogens is 1. The molecule has 1 aliphatic rings. The van der Waals surface area contributed by atoms with Gasteiger partial charge in [-0.25, -0.2) is 4.98 Å². The van der Waals surface area contributed by atoms with Gasteiger partial charge in [0.1, 0.15) is 5.82 Å². The summed E-state index contributed by atoms with van der Waals surface area (Å²) in [6.45, 7) is 0.977. The highest BCUT2D eigenvalue weighted by Crippen LogP contribution is 2.21. The number of aromatic nitrogens is 4. The van der Waals surface area contributed by atoms with Crippen LogP contribution in [0.25, 0.3) is 11.4 Å². The molecule has 1 fully saturated rings. The smallest absolute Gasteiger partial charge is 0.251 e. The van der Waals surface area contributed by atoms with Crippen molar-refractivity contribution in [2.24, 2.45) is 7.05 Å². The molecule has 94 valence electrons. The maximum atomic E-state index is 11.7. The van der Waals surface area contributed by atoms with Crippen molar-refractivity contribution in [3.8, 4) is 11.4 Å². The van der Waals surface area contributed by atoms with Crippen LogP contribution in [-0.4, -0.2) is 26.3 Å². The van der Waals surface area contributed by atoms with Crippen molar-refractivity contribution >= 4 is 0 Å². The van der Waals surface area contributed by atoms with Crippen molar-refractivity contribution in [1.82, 2.24) is 25.1 Å². The third-order valence-corrected chi connectivity index (χ3v) is 3.23. The zero-order chi connectivity index (χ0) is 12.5. The second-order valence-electron chi connectivity index (χ2n) is 4.50. The lowest BCUT2D eigenvalue weighted by Crippen LogP contribution is -2.20. The molecule has 0 aromatic carbocycles. The first-order chi connectivity index (χ1) is 8.74. The van der Waals surface area contributed by atoms with Crippen LogP contribution in [0, 0.1) is 0 Å². The van der Waals surface area contributed by atoms with Crippen molar-refractivity contribution in [1.29, 1.82) is 0 Å². The number of aromatic amines is 1. The van der Waals surface area contributed by atoms with Gasteiger partial charge < -0.3 is 10.3 Å². The molecule has 0 bridgehead atoms. The van der Waals surface area contributed by atoms with E-state index in [-0.39, 0.29) is 11.6 Å². The summed E-state index contributed by atoms with van der Waals surface area (Å²) in [4.78, 5) is 19.1. The SMILES string of the molecule is Cn1nccc1-c1cc(=O)[nH]c(C2CCCN2)n1. The molecule has 1 atom stereocenters. The van der Waals surface area contributed by atoms with Gasteiger partial charge in [-0.15, -0.1) is 0 Å². The standard InChI is InChI=1S/C12H15N5O/c1-17-10(4-6-14-17)9-7-11(18)16-12(15-9)8-3-2-5-13-8/h4,6-8,13H,2-3,5H2,1H3,(H,15,16,18). The molecule has 0 spiro atoms. The van der Waals surface area contributed by atoms with Crippen LogP contribution in [0.1, 0.15) is 24.7 Å². The van der Waals surface area contributed by atoms with Crippen LogP contribution < -0.4 is 10.9 Å². The van der Waals surface area contributed by atoms with E-state index >= 15 is 0 Å². The Hall–Kier alpha value is -1.95. The Bertz CT molecular complexity index is 609. The van der Waals surface area contributed by atoms with Gasteiger partial charge in [0, 0.05) is 19.3 Å². The quantitative estimate of drug-likeness (QED) is 0.812. The molecule has 1 aliphatic heterocycles. The molecule has 0 amide bonds. The molecule has 1 saturated heterocycles. The fourth-order valence-corrected chi connectivity index (χ4v) is 2.32. The second kappa shape index (κ2) is 4.38. The van der Waals surface area contributed by atoms with Crippen molar-refractivity contribution in [2.45, 2.75) is 18.9 Å². The predicted octanol–water partition coefficient (Wildman–Crippen LogP) is 0.595. The molecule has 2 aromatic heterocycles. The number of hydrogen-bond donors (Lipinski definition) is 2. The molecule has 6 nitrogen and oxygen atoms in total. The van der Waals surface area contributed by atoms with Crippen molar-refractivity contribution < 1.29 is 0 Å². The fraction of sp³-hybridized carbons (Fsp3) is 0.417. The summed E-state index contributed by atoms with van der Waals surface area (Å²) < 4.78 is 1.72. The third-order valence-electron chi connectivity index (χ3n) is 3.23. The molecule has 1 unspecified atom stereocenters. The molecule has 0 radical (unpaired) electrons. The Kier molecular flexibility index (Phi) is 2.71. The average molecular weight is 245 g/mol. The van der Waals surface area contributed by atoms with E-state index in [1.807, 2.05) is 13.1 Å². The fourth-order valence-electron chi connectivity index (χ4n) is 2.32. The van der Waals surface area contributed by atoms with Crippen LogP contribution >= 0.6 is 0 Å². The van der Waals surface area contributed by atoms with Crippen LogP contribution in [-0.2, 0) is 7.05 Å². The second-order valence-corrected chi connectivity index (χ2v) is 4.50. The number of nitrogens with one attached hydrogen (secondary N) is 2. The van der Waals surface area contributed by atoms with E-state index in [1.165, 1.54) is 6.07 Å². The molecular weight excluding hydrogens is 230 g/mol. The van der Waals surface area contributed by atoms with E-state index in [1.54, 1.807) is 10.9 Å². The molecule has 3 rings (SSSR count). The van der Waals surface area contributed by atoms with Crippen molar-refractivity contribution in [3.05, 3.63) is 34.5 Å². The van der Waals surface area contributed by atoms with Gasteiger partial charge in [0.2, 0.25) is 0 Å². The minimum Gasteiger partial charge on any atom is -0.309 e. The summed E-state index contributed by atoms with van der Waals surface area (Å²) in [5.41, 5.74) is 1.40. The van der Waals surface area contributed by atoms with Gasteiger partial charge in [-0.3, -0.25) is 9.48 Å².